The van der Waals surface area contributed by atoms with Gasteiger partial charge in [0, 0.05) is 0 Å². The lowest BCUT2D eigenvalue weighted by atomic mass is 10.8. The molecule has 1 aromatic heterocycles. The molecule has 0 bridgehead atoms. The number of nitrogen functional groups attached to an aromatic ring is 1. The van der Waals surface area contributed by atoms with Crippen molar-refractivity contribution in [1.82, 2.24) is 4.98 Å². The van der Waals surface area contributed by atoms with E-state index in [1.807, 2.05) is 6.07 Å². The van der Waals surface area contributed by atoms with Gasteiger partial charge in [-0.25, -0.2) is 4.98 Å². The van der Waals surface area contributed by atoms with Crippen LogP contribution >= 0.6 is 11.3 Å². The Morgan fingerprint density at radius 3 is 2.88 bits per heavy atom. The summed E-state index contributed by atoms with van der Waals surface area (Å²) in [6.07, 6.45) is 2.44. The molecule has 1 radical (unpaired) electrons. The van der Waals surface area contributed by atoms with E-state index < -0.39 is 0 Å². The Hall–Kier alpha value is -1.08. The summed E-state index contributed by atoms with van der Waals surface area (Å²) >= 11 is 1.14. The van der Waals surface area contributed by atoms with Gasteiger partial charge in [-0.2, -0.15) is 5.26 Å². The predicted octanol–water partition coefficient (Wildman–Crippen LogP) is 0.397. The van der Waals surface area contributed by atoms with Gasteiger partial charge in [0.05, 0.1) is 0 Å². The fraction of sp³-hybridized carbons (Fsp3) is 0. The van der Waals surface area contributed by atoms with Crippen molar-refractivity contribution in [2.45, 2.75) is 0 Å². The lowest BCUT2D eigenvalue weighted by Crippen LogP contribution is -1.73. The van der Waals surface area contributed by atoms with Crippen LogP contribution in [0, 0.1) is 17.5 Å². The molecule has 0 spiro atoms. The molecule has 3 nitrogen and oxygen atoms in total. The number of nitrogens with zero attached hydrogens (tertiary/aromatic N) is 2. The number of aromatic nitrogens is 1. The van der Waals surface area contributed by atoms with E-state index in [1.54, 1.807) is 0 Å². The van der Waals surface area contributed by atoms with Gasteiger partial charge in [-0.1, -0.05) is 11.3 Å². The van der Waals surface area contributed by atoms with Crippen LogP contribution in [0.5, 0.6) is 0 Å². The van der Waals surface area contributed by atoms with Crippen molar-refractivity contribution in [1.29, 1.82) is 5.26 Å². The largest absolute Gasteiger partial charge is 0.389 e. The summed E-state index contributed by atoms with van der Waals surface area (Å²) in [6.45, 7) is 0. The van der Waals surface area contributed by atoms with Crippen LogP contribution in [0.15, 0.2) is 0 Å². The highest BCUT2D eigenvalue weighted by molar-refractivity contribution is 7.15. The minimum Gasteiger partial charge on any atom is -0.389 e. The molecule has 0 aliphatic rings. The summed E-state index contributed by atoms with van der Waals surface area (Å²) in [4.78, 5) is 3.54. The maximum Gasteiger partial charge on any atom is 0.196 e. The molecule has 0 saturated heterocycles. The molecular weight excluding hydrogens is 122 g/mol. The highest BCUT2D eigenvalue weighted by Gasteiger charge is 1.93. The molecule has 0 amide bonds. The van der Waals surface area contributed by atoms with E-state index >= 15 is 0 Å². The quantitative estimate of drug-likeness (QED) is 0.544. The fourth-order valence-electron chi connectivity index (χ4n) is 0.303. The van der Waals surface area contributed by atoms with Crippen molar-refractivity contribution in [2.24, 2.45) is 0 Å². The topological polar surface area (TPSA) is 62.7 Å². The van der Waals surface area contributed by atoms with E-state index in [4.69, 9.17) is 11.0 Å². The Morgan fingerprint density at radius 2 is 2.62 bits per heavy atom. The fourth-order valence-corrected chi connectivity index (χ4v) is 0.740. The average molecular weight is 124 g/mol. The van der Waals surface area contributed by atoms with Gasteiger partial charge in [-0.05, 0) is 0 Å². The van der Waals surface area contributed by atoms with Crippen LogP contribution in [-0.4, -0.2) is 4.98 Å². The van der Waals surface area contributed by atoms with Crippen molar-refractivity contribution in [3.05, 3.63) is 11.2 Å². The molecular formula is C4H2N3S. The zero-order valence-electron chi connectivity index (χ0n) is 3.88. The summed E-state index contributed by atoms with van der Waals surface area (Å²) < 4.78 is 0. The van der Waals surface area contributed by atoms with Gasteiger partial charge < -0.3 is 5.73 Å². The lowest BCUT2D eigenvalue weighted by molar-refractivity contribution is 1.34. The van der Waals surface area contributed by atoms with E-state index in [0.717, 1.165) is 11.3 Å². The minimum atomic E-state index is 0.363. The Morgan fingerprint density at radius 1 is 1.88 bits per heavy atom. The highest BCUT2D eigenvalue weighted by Crippen LogP contribution is 2.11. The Bertz CT molecular complexity index is 221. The molecule has 0 atom stereocenters. The van der Waals surface area contributed by atoms with Gasteiger partial charge in [0.2, 0.25) is 0 Å². The van der Waals surface area contributed by atoms with Gasteiger partial charge in [0.25, 0.3) is 0 Å². The standard InChI is InChI=1S/C4H2N3S/c5-1-4-7-2-3(6)8-4/h6H2. The van der Waals surface area contributed by atoms with Crippen molar-refractivity contribution in [3.63, 3.8) is 0 Å². The van der Waals surface area contributed by atoms with Crippen LogP contribution in [-0.2, 0) is 0 Å². The first-order chi connectivity index (χ1) is 3.83. The number of rotatable bonds is 0. The van der Waals surface area contributed by atoms with E-state index in [2.05, 4.69) is 11.2 Å². The molecule has 4 heteroatoms. The third-order valence-electron chi connectivity index (χ3n) is 0.570. The van der Waals surface area contributed by atoms with E-state index in [1.165, 1.54) is 0 Å². The van der Waals surface area contributed by atoms with Crippen LogP contribution in [0.2, 0.25) is 0 Å². The van der Waals surface area contributed by atoms with Crippen molar-refractivity contribution in [3.8, 4) is 6.07 Å². The Kier molecular flexibility index (Phi) is 1.14. The SMILES string of the molecule is N#Cc1n[c]c(N)s1. The number of thiazole rings is 1. The summed E-state index contributed by atoms with van der Waals surface area (Å²) in [5.41, 5.74) is 5.20. The molecule has 0 saturated carbocycles. The van der Waals surface area contributed by atoms with Gasteiger partial charge in [-0.15, -0.1) is 0 Å². The van der Waals surface area contributed by atoms with E-state index in [9.17, 15) is 0 Å². The summed E-state index contributed by atoms with van der Waals surface area (Å²) in [5, 5.41) is 9.00. The second-order valence-electron chi connectivity index (χ2n) is 1.11. The summed E-state index contributed by atoms with van der Waals surface area (Å²) in [6, 6.07) is 1.84. The molecule has 1 heterocycles. The Balaban J connectivity index is 3.05. The molecule has 0 aromatic carbocycles. The maximum absolute atomic E-state index is 8.17. The number of hydrogen-bond acceptors (Lipinski definition) is 4. The maximum atomic E-state index is 8.17. The first-order valence-corrected chi connectivity index (χ1v) is 2.68. The van der Waals surface area contributed by atoms with Crippen molar-refractivity contribution < 1.29 is 0 Å². The van der Waals surface area contributed by atoms with E-state index in [0.29, 0.717) is 10.0 Å². The van der Waals surface area contributed by atoms with E-state index in [-0.39, 0.29) is 0 Å². The molecule has 39 valence electrons. The normalized spacial score (nSPS) is 8.38. The minimum absolute atomic E-state index is 0.363. The average Bonchev–Trinajstić information content (AvgIpc) is 2.14. The monoisotopic (exact) mass is 124 g/mol. The smallest absolute Gasteiger partial charge is 0.196 e. The predicted molar refractivity (Wildman–Crippen MR) is 30.1 cm³/mol. The van der Waals surface area contributed by atoms with Crippen LogP contribution in [0.25, 0.3) is 0 Å². The van der Waals surface area contributed by atoms with Gasteiger partial charge in [-0.3, -0.25) is 0 Å². The van der Waals surface area contributed by atoms with Gasteiger partial charge >= 0.3 is 0 Å². The number of anilines is 1. The first-order valence-electron chi connectivity index (χ1n) is 1.87. The number of nitriles is 1. The van der Waals surface area contributed by atoms with Crippen LogP contribution in [0.3, 0.4) is 0 Å². The van der Waals surface area contributed by atoms with Crippen molar-refractivity contribution in [2.75, 3.05) is 5.73 Å². The Labute approximate surface area is 50.4 Å². The molecule has 1 rings (SSSR count). The third kappa shape index (κ3) is 0.768. The zero-order valence-corrected chi connectivity index (χ0v) is 4.70. The third-order valence-corrected chi connectivity index (χ3v) is 1.26. The molecule has 2 N–H and O–H groups in total. The second kappa shape index (κ2) is 1.80. The summed E-state index contributed by atoms with van der Waals surface area (Å²) in [5.74, 6) is 0. The molecule has 1 aromatic rings. The van der Waals surface area contributed by atoms with Crippen LogP contribution < -0.4 is 5.73 Å². The number of nitrogens with two attached hydrogens (primary N) is 1. The molecule has 0 aliphatic carbocycles. The molecule has 8 heavy (non-hydrogen) atoms. The first kappa shape index (κ1) is 5.06. The highest BCUT2D eigenvalue weighted by atomic mass is 32.1. The lowest BCUT2D eigenvalue weighted by Gasteiger charge is -1.67. The van der Waals surface area contributed by atoms with Crippen LogP contribution in [0.1, 0.15) is 5.01 Å². The van der Waals surface area contributed by atoms with Gasteiger partial charge in [0.1, 0.15) is 17.3 Å². The van der Waals surface area contributed by atoms with Gasteiger partial charge in [0.15, 0.2) is 5.01 Å². The van der Waals surface area contributed by atoms with Crippen LogP contribution in [0.4, 0.5) is 5.00 Å². The summed E-state index contributed by atoms with van der Waals surface area (Å²) in [7, 11) is 0. The zero-order chi connectivity index (χ0) is 5.98. The molecule has 0 fully saturated rings. The second-order valence-corrected chi connectivity index (χ2v) is 2.14. The molecule has 0 aliphatic heterocycles. The molecule has 0 unspecified atom stereocenters. The number of hydrogen-bond donors (Lipinski definition) is 1. The van der Waals surface area contributed by atoms with Crippen molar-refractivity contribution >= 4 is 16.3 Å².